The van der Waals surface area contributed by atoms with E-state index in [4.69, 9.17) is 5.84 Å². The highest BCUT2D eigenvalue weighted by atomic mass is 19.1. The Bertz CT molecular complexity index is 478. The van der Waals surface area contributed by atoms with Crippen molar-refractivity contribution in [2.24, 2.45) is 11.3 Å². The fourth-order valence-electron chi connectivity index (χ4n) is 1.42. The predicted octanol–water partition coefficient (Wildman–Crippen LogP) is 0.829. The summed E-state index contributed by atoms with van der Waals surface area (Å²) < 4.78 is 26.6. The lowest BCUT2D eigenvalue weighted by Crippen LogP contribution is -2.39. The van der Waals surface area contributed by atoms with E-state index in [0.717, 1.165) is 0 Å². The molecule has 0 aliphatic carbocycles. The molecule has 1 rings (SSSR count). The summed E-state index contributed by atoms with van der Waals surface area (Å²) in [5.41, 5.74) is 1.25. The van der Waals surface area contributed by atoms with Crippen molar-refractivity contribution in [1.82, 2.24) is 10.3 Å². The van der Waals surface area contributed by atoms with Crippen molar-refractivity contribution in [3.63, 3.8) is 0 Å². The third kappa shape index (κ3) is 3.50. The Morgan fingerprint density at radius 3 is 2.47 bits per heavy atom. The number of nitrogen functional groups attached to an aromatic ring is 1. The van der Waals surface area contributed by atoms with E-state index in [1.807, 2.05) is 5.43 Å². The molecule has 1 aromatic heterocycles. The van der Waals surface area contributed by atoms with Gasteiger partial charge in [-0.3, -0.25) is 4.79 Å². The fourth-order valence-corrected chi connectivity index (χ4v) is 1.42. The Kier molecular flexibility index (Phi) is 4.60. The Hall–Kier alpha value is -1.96. The first-order valence-electron chi connectivity index (χ1n) is 5.60. The summed E-state index contributed by atoms with van der Waals surface area (Å²) in [7, 11) is 1.51. The van der Waals surface area contributed by atoms with Crippen LogP contribution in [0.1, 0.15) is 13.8 Å². The van der Waals surface area contributed by atoms with Crippen LogP contribution in [0.25, 0.3) is 0 Å². The number of pyridine rings is 1. The molecule has 19 heavy (non-hydrogen) atoms. The van der Waals surface area contributed by atoms with Crippen LogP contribution in [-0.4, -0.2) is 24.5 Å². The molecule has 1 aromatic rings. The maximum absolute atomic E-state index is 13.5. The Morgan fingerprint density at radius 1 is 1.37 bits per heavy atom. The van der Waals surface area contributed by atoms with Gasteiger partial charge in [-0.1, -0.05) is 0 Å². The van der Waals surface area contributed by atoms with Crippen LogP contribution in [0.5, 0.6) is 0 Å². The van der Waals surface area contributed by atoms with E-state index >= 15 is 0 Å². The zero-order valence-corrected chi connectivity index (χ0v) is 11.0. The maximum Gasteiger partial charge on any atom is 0.227 e. The number of hydrogen-bond acceptors (Lipinski definition) is 5. The number of nitrogens with two attached hydrogens (primary N) is 1. The van der Waals surface area contributed by atoms with Crippen molar-refractivity contribution in [1.29, 1.82) is 0 Å². The minimum atomic E-state index is -0.892. The van der Waals surface area contributed by atoms with E-state index in [2.05, 4.69) is 15.6 Å². The number of nitrogens with zero attached hydrogens (tertiary/aromatic N) is 1. The number of halogens is 2. The van der Waals surface area contributed by atoms with E-state index in [9.17, 15) is 13.6 Å². The lowest BCUT2D eigenvalue weighted by atomic mass is 9.92. The number of amides is 1. The molecule has 0 radical (unpaired) electrons. The summed E-state index contributed by atoms with van der Waals surface area (Å²) in [4.78, 5) is 15.2. The second-order valence-corrected chi connectivity index (χ2v) is 4.61. The molecule has 0 fully saturated rings. The van der Waals surface area contributed by atoms with Crippen molar-refractivity contribution >= 4 is 17.5 Å². The van der Waals surface area contributed by atoms with Gasteiger partial charge in [-0.15, -0.1) is 0 Å². The topological polar surface area (TPSA) is 92.1 Å². The van der Waals surface area contributed by atoms with Crippen LogP contribution in [0.3, 0.4) is 0 Å². The first-order chi connectivity index (χ1) is 8.81. The number of nitrogens with one attached hydrogen (secondary N) is 3. The van der Waals surface area contributed by atoms with Gasteiger partial charge in [0.15, 0.2) is 23.3 Å². The molecule has 0 atom stereocenters. The molecule has 5 N–H and O–H groups in total. The first-order valence-corrected chi connectivity index (χ1v) is 5.60. The van der Waals surface area contributed by atoms with Gasteiger partial charge in [-0.05, 0) is 13.8 Å². The lowest BCUT2D eigenvalue weighted by molar-refractivity contribution is -0.128. The molecular formula is C11H17F2N5O. The number of aromatic nitrogens is 1. The number of rotatable bonds is 5. The molecule has 0 spiro atoms. The average molecular weight is 273 g/mol. The van der Waals surface area contributed by atoms with Gasteiger partial charge >= 0.3 is 0 Å². The Labute approximate surface area is 109 Å². The normalized spacial score (nSPS) is 11.1. The molecule has 0 aliphatic rings. The van der Waals surface area contributed by atoms with Crippen LogP contribution < -0.4 is 21.9 Å². The molecule has 0 aromatic carbocycles. The molecule has 8 heteroatoms. The van der Waals surface area contributed by atoms with Crippen molar-refractivity contribution in [3.8, 4) is 0 Å². The monoisotopic (exact) mass is 273 g/mol. The third-order valence-corrected chi connectivity index (χ3v) is 2.61. The van der Waals surface area contributed by atoms with Crippen LogP contribution in [0.2, 0.25) is 0 Å². The summed E-state index contributed by atoms with van der Waals surface area (Å²) in [6.45, 7) is 3.50. The minimum Gasteiger partial charge on any atom is -0.367 e. The van der Waals surface area contributed by atoms with Gasteiger partial charge in [0, 0.05) is 19.7 Å². The molecule has 0 saturated heterocycles. The highest BCUT2D eigenvalue weighted by Gasteiger charge is 2.27. The van der Waals surface area contributed by atoms with Crippen LogP contribution in [0.4, 0.5) is 20.4 Å². The molecule has 106 valence electrons. The van der Waals surface area contributed by atoms with Crippen LogP contribution in [0, 0.1) is 17.0 Å². The predicted molar refractivity (Wildman–Crippen MR) is 68.3 cm³/mol. The SMILES string of the molecule is CNC(=O)C(C)(C)CNc1nc(NN)c(F)cc1F. The van der Waals surface area contributed by atoms with Crippen molar-refractivity contribution in [2.45, 2.75) is 13.8 Å². The number of carbonyl (C=O) groups excluding carboxylic acids is 1. The Morgan fingerprint density at radius 2 is 1.95 bits per heavy atom. The molecule has 1 heterocycles. The highest BCUT2D eigenvalue weighted by Crippen LogP contribution is 2.21. The van der Waals surface area contributed by atoms with Gasteiger partial charge in [0.2, 0.25) is 5.91 Å². The van der Waals surface area contributed by atoms with E-state index in [1.165, 1.54) is 7.05 Å². The maximum atomic E-state index is 13.5. The van der Waals surface area contributed by atoms with E-state index in [-0.39, 0.29) is 24.1 Å². The molecule has 0 unspecified atom stereocenters. The Balaban J connectivity index is 2.86. The smallest absolute Gasteiger partial charge is 0.227 e. The van der Waals surface area contributed by atoms with Crippen LogP contribution in [-0.2, 0) is 4.79 Å². The third-order valence-electron chi connectivity index (χ3n) is 2.61. The van der Waals surface area contributed by atoms with Gasteiger partial charge in [-0.25, -0.2) is 19.6 Å². The first kappa shape index (κ1) is 15.1. The molecule has 6 nitrogen and oxygen atoms in total. The molecule has 0 aliphatic heterocycles. The van der Waals surface area contributed by atoms with Crippen LogP contribution >= 0.6 is 0 Å². The summed E-state index contributed by atoms with van der Waals surface area (Å²) in [6.07, 6.45) is 0. The largest absolute Gasteiger partial charge is 0.367 e. The van der Waals surface area contributed by atoms with Gasteiger partial charge in [0.1, 0.15) is 0 Å². The molecule has 0 bridgehead atoms. The molecule has 1 amide bonds. The second kappa shape index (κ2) is 5.79. The fraction of sp³-hybridized carbons (Fsp3) is 0.455. The van der Waals surface area contributed by atoms with Crippen molar-refractivity contribution < 1.29 is 13.6 Å². The van der Waals surface area contributed by atoms with Gasteiger partial charge < -0.3 is 16.1 Å². The summed E-state index contributed by atoms with van der Waals surface area (Å²) in [5, 5.41) is 5.16. The summed E-state index contributed by atoms with van der Waals surface area (Å²) in [5.74, 6) is 2.65. The quantitative estimate of drug-likeness (QED) is 0.471. The standard InChI is InChI=1S/C11H17F2N5O/c1-11(2,10(19)15-3)5-16-8-6(12)4-7(13)9(17-8)18-14/h4H,5,14H2,1-3H3,(H,15,19)(H2,16,17,18). The molecule has 0 saturated carbocycles. The van der Waals surface area contributed by atoms with Gasteiger partial charge in [-0.2, -0.15) is 0 Å². The zero-order chi connectivity index (χ0) is 14.6. The van der Waals surface area contributed by atoms with E-state index in [1.54, 1.807) is 13.8 Å². The number of carbonyl (C=O) groups is 1. The van der Waals surface area contributed by atoms with E-state index < -0.39 is 17.0 Å². The van der Waals surface area contributed by atoms with E-state index in [0.29, 0.717) is 6.07 Å². The van der Waals surface area contributed by atoms with Crippen molar-refractivity contribution in [2.75, 3.05) is 24.3 Å². The number of anilines is 2. The molecular weight excluding hydrogens is 256 g/mol. The number of hydrogen-bond donors (Lipinski definition) is 4. The second-order valence-electron chi connectivity index (χ2n) is 4.61. The van der Waals surface area contributed by atoms with Gasteiger partial charge in [0.05, 0.1) is 5.41 Å². The average Bonchev–Trinajstić information content (AvgIpc) is 2.36. The summed E-state index contributed by atoms with van der Waals surface area (Å²) >= 11 is 0. The van der Waals surface area contributed by atoms with Crippen LogP contribution in [0.15, 0.2) is 6.07 Å². The minimum absolute atomic E-state index is 0.131. The lowest BCUT2D eigenvalue weighted by Gasteiger charge is -2.23. The zero-order valence-electron chi connectivity index (χ0n) is 11.0. The number of hydrazine groups is 1. The van der Waals surface area contributed by atoms with Crippen molar-refractivity contribution in [3.05, 3.63) is 17.7 Å². The van der Waals surface area contributed by atoms with Gasteiger partial charge in [0.25, 0.3) is 0 Å². The summed E-state index contributed by atoms with van der Waals surface area (Å²) in [6, 6.07) is 0.664. The highest BCUT2D eigenvalue weighted by molar-refractivity contribution is 5.82.